The maximum absolute atomic E-state index is 13.3. The second-order valence-electron chi connectivity index (χ2n) is 9.40. The summed E-state index contributed by atoms with van der Waals surface area (Å²) in [5.41, 5.74) is 5.75. The van der Waals surface area contributed by atoms with Crippen LogP contribution in [0.15, 0.2) is 78.4 Å². The monoisotopic (exact) mass is 526 g/mol. The number of carbonyl (C=O) groups excluding carboxylic acids is 3. The van der Waals surface area contributed by atoms with E-state index in [1.165, 1.54) is 0 Å². The Morgan fingerprint density at radius 3 is 2.31 bits per heavy atom. The number of benzene rings is 3. The molecule has 202 valence electrons. The number of anilines is 2. The number of nitrogens with one attached hydrogen (secondary N) is 3. The highest BCUT2D eigenvalue weighted by Crippen LogP contribution is 2.37. The lowest BCUT2D eigenvalue weighted by Gasteiger charge is -2.36. The van der Waals surface area contributed by atoms with Crippen molar-refractivity contribution in [1.29, 1.82) is 0 Å². The van der Waals surface area contributed by atoms with E-state index in [1.807, 2.05) is 69.3 Å². The van der Waals surface area contributed by atoms with Crippen molar-refractivity contribution < 1.29 is 19.1 Å². The minimum absolute atomic E-state index is 0.206. The number of rotatable bonds is 8. The van der Waals surface area contributed by atoms with Crippen molar-refractivity contribution in [3.8, 4) is 0 Å². The molecule has 0 fully saturated rings. The van der Waals surface area contributed by atoms with Gasteiger partial charge in [0.15, 0.2) is 0 Å². The van der Waals surface area contributed by atoms with Gasteiger partial charge in [0.1, 0.15) is 0 Å². The third-order valence-electron chi connectivity index (χ3n) is 6.45. The number of urea groups is 2. The Bertz CT molecular complexity index is 1380. The van der Waals surface area contributed by atoms with E-state index in [4.69, 9.17) is 4.74 Å². The fourth-order valence-corrected chi connectivity index (χ4v) is 4.67. The van der Waals surface area contributed by atoms with E-state index in [0.29, 0.717) is 29.1 Å². The second-order valence-corrected chi connectivity index (χ2v) is 9.40. The maximum Gasteiger partial charge on any atom is 0.338 e. The normalized spacial score (nSPS) is 15.0. The molecule has 0 saturated heterocycles. The number of ether oxygens (including phenoxy) is 1. The summed E-state index contributed by atoms with van der Waals surface area (Å²) in [4.78, 5) is 40.8. The van der Waals surface area contributed by atoms with E-state index in [2.05, 4.69) is 16.0 Å². The Kier molecular flexibility index (Phi) is 8.66. The second kappa shape index (κ2) is 12.3. The molecule has 1 heterocycles. The molecular weight excluding hydrogens is 492 g/mol. The quantitative estimate of drug-likeness (QED) is 0.296. The molecule has 8 heteroatoms. The molecule has 39 heavy (non-hydrogen) atoms. The lowest BCUT2D eigenvalue weighted by Crippen LogP contribution is -2.48. The largest absolute Gasteiger partial charge is 0.463 e. The minimum atomic E-state index is -0.724. The molecule has 1 aliphatic heterocycles. The van der Waals surface area contributed by atoms with Gasteiger partial charge in [0, 0.05) is 17.9 Å². The molecule has 1 atom stereocenters. The Balaban J connectivity index is 1.65. The fraction of sp³-hybridized carbons (Fsp3) is 0.258. The van der Waals surface area contributed by atoms with Crippen LogP contribution in [-0.4, -0.2) is 36.1 Å². The van der Waals surface area contributed by atoms with Crippen molar-refractivity contribution >= 4 is 35.1 Å². The molecule has 3 N–H and O–H groups in total. The lowest BCUT2D eigenvalue weighted by atomic mass is 9.91. The van der Waals surface area contributed by atoms with Gasteiger partial charge in [0.05, 0.1) is 23.9 Å². The van der Waals surface area contributed by atoms with Gasteiger partial charge in [-0.25, -0.2) is 14.4 Å². The number of carbonyl (C=O) groups is 3. The van der Waals surface area contributed by atoms with E-state index in [0.717, 1.165) is 28.8 Å². The first-order valence-corrected chi connectivity index (χ1v) is 13.1. The predicted octanol–water partition coefficient (Wildman–Crippen LogP) is 6.40. The topological polar surface area (TPSA) is 99.8 Å². The van der Waals surface area contributed by atoms with Crippen LogP contribution in [0.4, 0.5) is 21.0 Å². The number of esters is 1. The van der Waals surface area contributed by atoms with Gasteiger partial charge in [-0.1, -0.05) is 67.1 Å². The van der Waals surface area contributed by atoms with Crippen LogP contribution in [-0.2, 0) is 9.53 Å². The van der Waals surface area contributed by atoms with Crippen LogP contribution in [0.5, 0.6) is 0 Å². The van der Waals surface area contributed by atoms with Gasteiger partial charge in [-0.2, -0.15) is 0 Å². The Morgan fingerprint density at radius 2 is 1.67 bits per heavy atom. The molecule has 0 bridgehead atoms. The summed E-state index contributed by atoms with van der Waals surface area (Å²) in [6, 6.07) is 20.9. The lowest BCUT2D eigenvalue weighted by molar-refractivity contribution is -0.138. The summed E-state index contributed by atoms with van der Waals surface area (Å²) in [6.45, 7) is 8.33. The van der Waals surface area contributed by atoms with Crippen LogP contribution < -0.4 is 16.0 Å². The predicted molar refractivity (Wildman–Crippen MR) is 153 cm³/mol. The summed E-state index contributed by atoms with van der Waals surface area (Å²) in [6.07, 6.45) is 0.717. The van der Waals surface area contributed by atoms with Crippen molar-refractivity contribution in [3.63, 3.8) is 0 Å². The summed E-state index contributed by atoms with van der Waals surface area (Å²) >= 11 is 0. The zero-order chi connectivity index (χ0) is 27.9. The van der Waals surface area contributed by atoms with Crippen LogP contribution in [0, 0.1) is 13.8 Å². The Hall–Kier alpha value is -4.59. The molecule has 3 aromatic rings. The highest BCUT2D eigenvalue weighted by atomic mass is 16.5. The summed E-state index contributed by atoms with van der Waals surface area (Å²) in [5.74, 6) is -0.488. The molecule has 1 unspecified atom stereocenters. The molecule has 3 aromatic carbocycles. The average molecular weight is 527 g/mol. The third kappa shape index (κ3) is 6.29. The Morgan fingerprint density at radius 1 is 0.949 bits per heavy atom. The highest BCUT2D eigenvalue weighted by molar-refractivity contribution is 6.05. The molecule has 8 nitrogen and oxygen atoms in total. The number of aryl methyl sites for hydroxylation is 2. The van der Waals surface area contributed by atoms with Crippen LogP contribution in [0.25, 0.3) is 5.70 Å². The van der Waals surface area contributed by atoms with Crippen LogP contribution in [0.2, 0.25) is 0 Å². The van der Waals surface area contributed by atoms with Crippen LogP contribution in [0.1, 0.15) is 48.6 Å². The van der Waals surface area contributed by atoms with E-state index in [-0.39, 0.29) is 18.7 Å². The molecule has 4 amide bonds. The number of hydrogen-bond donors (Lipinski definition) is 3. The standard InChI is InChI=1S/C31H34N4O4/c1-5-18-35-28(23-10-8-7-9-11-23)26(29(36)39-6-2)27(34-31(35)38)22-13-15-24(16-14-22)32-30(37)33-25-17-12-20(3)19-21(25)4/h7-17,19,27H,5-6,18H2,1-4H3,(H,34,38)(H2,32,33,37). The van der Waals surface area contributed by atoms with E-state index in [9.17, 15) is 14.4 Å². The summed E-state index contributed by atoms with van der Waals surface area (Å²) in [5, 5.41) is 8.69. The molecule has 0 radical (unpaired) electrons. The molecule has 0 aliphatic carbocycles. The summed E-state index contributed by atoms with van der Waals surface area (Å²) < 4.78 is 5.46. The Labute approximate surface area is 229 Å². The van der Waals surface area contributed by atoms with Gasteiger partial charge in [-0.3, -0.25) is 4.90 Å². The number of nitrogens with zero attached hydrogens (tertiary/aromatic N) is 1. The van der Waals surface area contributed by atoms with Gasteiger partial charge in [0.2, 0.25) is 0 Å². The van der Waals surface area contributed by atoms with Crippen molar-refractivity contribution in [2.24, 2.45) is 0 Å². The van der Waals surface area contributed by atoms with Gasteiger partial charge in [0.25, 0.3) is 0 Å². The number of hydrogen-bond acceptors (Lipinski definition) is 4. The first-order valence-electron chi connectivity index (χ1n) is 13.1. The van der Waals surface area contributed by atoms with Crippen molar-refractivity contribution in [1.82, 2.24) is 10.2 Å². The molecular formula is C31H34N4O4. The average Bonchev–Trinajstić information content (AvgIpc) is 2.92. The van der Waals surface area contributed by atoms with E-state index < -0.39 is 12.0 Å². The van der Waals surface area contributed by atoms with Crippen LogP contribution in [0.3, 0.4) is 0 Å². The molecule has 0 aromatic heterocycles. The molecule has 0 spiro atoms. The van der Waals surface area contributed by atoms with Crippen molar-refractivity contribution in [2.75, 3.05) is 23.8 Å². The SMILES string of the molecule is CCCN1C(=O)NC(c2ccc(NC(=O)Nc3ccc(C)cc3C)cc2)C(C(=O)OCC)=C1c1ccccc1. The zero-order valence-corrected chi connectivity index (χ0v) is 22.7. The highest BCUT2D eigenvalue weighted by Gasteiger charge is 2.38. The van der Waals surface area contributed by atoms with Gasteiger partial charge >= 0.3 is 18.0 Å². The molecule has 4 rings (SSSR count). The smallest absolute Gasteiger partial charge is 0.338 e. The van der Waals surface area contributed by atoms with E-state index >= 15 is 0 Å². The summed E-state index contributed by atoms with van der Waals surface area (Å²) in [7, 11) is 0. The maximum atomic E-state index is 13.3. The fourth-order valence-electron chi connectivity index (χ4n) is 4.67. The van der Waals surface area contributed by atoms with Gasteiger partial charge < -0.3 is 20.7 Å². The zero-order valence-electron chi connectivity index (χ0n) is 22.7. The van der Waals surface area contributed by atoms with E-state index in [1.54, 1.807) is 36.1 Å². The van der Waals surface area contributed by atoms with Crippen molar-refractivity contribution in [2.45, 2.75) is 40.2 Å². The first kappa shape index (κ1) is 27.4. The van der Waals surface area contributed by atoms with Gasteiger partial charge in [-0.15, -0.1) is 0 Å². The number of amides is 4. The molecule has 0 saturated carbocycles. The van der Waals surface area contributed by atoms with Crippen molar-refractivity contribution in [3.05, 3.63) is 101 Å². The third-order valence-corrected chi connectivity index (χ3v) is 6.45. The molecule has 1 aliphatic rings. The van der Waals surface area contributed by atoms with Gasteiger partial charge in [-0.05, 0) is 62.1 Å². The minimum Gasteiger partial charge on any atom is -0.463 e. The van der Waals surface area contributed by atoms with Crippen LogP contribution >= 0.6 is 0 Å². The first-order chi connectivity index (χ1) is 18.8.